The number of nitrogens with zero attached hydrogens (tertiary/aromatic N) is 4. The van der Waals surface area contributed by atoms with E-state index in [0.29, 0.717) is 5.15 Å². The Kier molecular flexibility index (Phi) is 3.11. The minimum Gasteiger partial charge on any atom is -0.190 e. The number of aromatic nitrogens is 4. The monoisotopic (exact) mass is 356 g/mol. The molecular formula is C12H10BrClN4S. The van der Waals surface area contributed by atoms with E-state index in [1.807, 2.05) is 20.8 Å². The number of halogens is 2. The maximum atomic E-state index is 6.15. The molecule has 0 aliphatic heterocycles. The normalized spacial score (nSPS) is 11.4. The van der Waals surface area contributed by atoms with E-state index in [1.54, 1.807) is 15.9 Å². The van der Waals surface area contributed by atoms with Crippen molar-refractivity contribution in [2.45, 2.75) is 20.8 Å². The standard InChI is InChI=1S/C12H10BrClN4S/c1-5-4-8(19-9(5)13)12-16-15-11-7(3)6(2)10(14)17-18(11)12/h4H,1-3H3. The van der Waals surface area contributed by atoms with Crippen molar-refractivity contribution in [3.63, 3.8) is 0 Å². The number of fused-ring (bicyclic) bond motifs is 1. The summed E-state index contributed by atoms with van der Waals surface area (Å²) in [6.45, 7) is 5.96. The van der Waals surface area contributed by atoms with Crippen LogP contribution in [0.3, 0.4) is 0 Å². The molecule has 7 heteroatoms. The zero-order valence-electron chi connectivity index (χ0n) is 10.5. The Morgan fingerprint density at radius 3 is 2.58 bits per heavy atom. The summed E-state index contributed by atoms with van der Waals surface area (Å²) in [7, 11) is 0. The van der Waals surface area contributed by atoms with Gasteiger partial charge in [-0.05, 0) is 53.9 Å². The highest BCUT2D eigenvalue weighted by Gasteiger charge is 2.16. The summed E-state index contributed by atoms with van der Waals surface area (Å²) in [4.78, 5) is 1.02. The van der Waals surface area contributed by atoms with E-state index in [2.05, 4.69) is 37.3 Å². The van der Waals surface area contributed by atoms with E-state index in [1.165, 1.54) is 5.56 Å². The van der Waals surface area contributed by atoms with Crippen LogP contribution in [0.25, 0.3) is 16.3 Å². The maximum absolute atomic E-state index is 6.15. The van der Waals surface area contributed by atoms with Crippen LogP contribution in [-0.4, -0.2) is 19.8 Å². The van der Waals surface area contributed by atoms with Crippen molar-refractivity contribution in [3.05, 3.63) is 31.7 Å². The Bertz CT molecular complexity index is 773. The molecule has 3 aromatic heterocycles. The van der Waals surface area contributed by atoms with Crippen LogP contribution in [0.5, 0.6) is 0 Å². The van der Waals surface area contributed by atoms with E-state index < -0.39 is 0 Å². The maximum Gasteiger partial charge on any atom is 0.195 e. The summed E-state index contributed by atoms with van der Waals surface area (Å²) in [5.41, 5.74) is 3.87. The highest BCUT2D eigenvalue weighted by Crippen LogP contribution is 2.34. The Hall–Kier alpha value is -0.980. The van der Waals surface area contributed by atoms with Crippen LogP contribution in [0, 0.1) is 20.8 Å². The van der Waals surface area contributed by atoms with Crippen LogP contribution in [-0.2, 0) is 0 Å². The first-order chi connectivity index (χ1) is 8.99. The Balaban J connectivity index is 2.31. The van der Waals surface area contributed by atoms with Crippen LogP contribution >= 0.6 is 38.9 Å². The summed E-state index contributed by atoms with van der Waals surface area (Å²) in [5, 5.41) is 13.3. The predicted octanol–water partition coefficient (Wildman–Crippen LogP) is 4.19. The lowest BCUT2D eigenvalue weighted by Crippen LogP contribution is -1.99. The second kappa shape index (κ2) is 4.54. The van der Waals surface area contributed by atoms with Crippen LogP contribution in [0.4, 0.5) is 0 Å². The van der Waals surface area contributed by atoms with Gasteiger partial charge in [0.2, 0.25) is 0 Å². The van der Waals surface area contributed by atoms with Crippen molar-refractivity contribution in [3.8, 4) is 10.7 Å². The van der Waals surface area contributed by atoms with Crippen molar-refractivity contribution in [2.75, 3.05) is 0 Å². The zero-order chi connectivity index (χ0) is 13.7. The summed E-state index contributed by atoms with van der Waals surface area (Å²) in [6.07, 6.45) is 0. The second-order valence-corrected chi connectivity index (χ2v) is 7.10. The van der Waals surface area contributed by atoms with Crippen molar-refractivity contribution >= 4 is 44.5 Å². The Morgan fingerprint density at radius 1 is 1.21 bits per heavy atom. The van der Waals surface area contributed by atoms with Crippen molar-refractivity contribution in [2.24, 2.45) is 0 Å². The van der Waals surface area contributed by atoms with Crippen molar-refractivity contribution in [1.29, 1.82) is 0 Å². The SMILES string of the molecule is Cc1cc(-c2nnc3c(C)c(C)c(Cl)nn23)sc1Br. The molecule has 0 saturated carbocycles. The number of hydrogen-bond acceptors (Lipinski definition) is 4. The number of rotatable bonds is 1. The number of aryl methyl sites for hydroxylation is 2. The highest BCUT2D eigenvalue weighted by atomic mass is 79.9. The number of hydrogen-bond donors (Lipinski definition) is 0. The Morgan fingerprint density at radius 2 is 1.95 bits per heavy atom. The fraction of sp³-hybridized carbons (Fsp3) is 0.250. The lowest BCUT2D eigenvalue weighted by Gasteiger charge is -2.04. The topological polar surface area (TPSA) is 43.1 Å². The van der Waals surface area contributed by atoms with Crippen molar-refractivity contribution < 1.29 is 0 Å². The summed E-state index contributed by atoms with van der Waals surface area (Å²) in [6, 6.07) is 2.07. The third-order valence-corrected chi connectivity index (χ3v) is 5.61. The third kappa shape index (κ3) is 1.98. The van der Waals surface area contributed by atoms with Gasteiger partial charge in [0.05, 0.1) is 8.66 Å². The third-order valence-electron chi connectivity index (χ3n) is 3.11. The molecule has 0 bridgehead atoms. The van der Waals surface area contributed by atoms with Gasteiger partial charge >= 0.3 is 0 Å². The highest BCUT2D eigenvalue weighted by molar-refractivity contribution is 9.11. The molecule has 0 amide bonds. The fourth-order valence-electron chi connectivity index (χ4n) is 1.82. The van der Waals surface area contributed by atoms with Gasteiger partial charge in [0, 0.05) is 5.56 Å². The van der Waals surface area contributed by atoms with Crippen LogP contribution in [0.1, 0.15) is 16.7 Å². The van der Waals surface area contributed by atoms with Gasteiger partial charge in [0.25, 0.3) is 0 Å². The van der Waals surface area contributed by atoms with E-state index in [-0.39, 0.29) is 0 Å². The van der Waals surface area contributed by atoms with Crippen LogP contribution in [0.15, 0.2) is 9.85 Å². The second-order valence-electron chi connectivity index (χ2n) is 4.37. The van der Waals surface area contributed by atoms with E-state index in [0.717, 1.165) is 31.3 Å². The Labute approximate surface area is 127 Å². The molecule has 0 N–H and O–H groups in total. The summed E-state index contributed by atoms with van der Waals surface area (Å²) >= 11 is 11.3. The first kappa shape index (κ1) is 13.0. The first-order valence-electron chi connectivity index (χ1n) is 5.63. The van der Waals surface area contributed by atoms with Gasteiger partial charge in [0.1, 0.15) is 0 Å². The lowest BCUT2D eigenvalue weighted by atomic mass is 10.2. The molecule has 0 atom stereocenters. The molecule has 0 spiro atoms. The van der Waals surface area contributed by atoms with Crippen LogP contribution < -0.4 is 0 Å². The van der Waals surface area contributed by atoms with Gasteiger partial charge in [-0.25, -0.2) is 0 Å². The molecule has 0 aliphatic rings. The molecule has 98 valence electrons. The van der Waals surface area contributed by atoms with Gasteiger partial charge in [-0.2, -0.15) is 9.61 Å². The van der Waals surface area contributed by atoms with Crippen LogP contribution in [0.2, 0.25) is 5.15 Å². The first-order valence-corrected chi connectivity index (χ1v) is 7.62. The minimum absolute atomic E-state index is 0.485. The van der Waals surface area contributed by atoms with Gasteiger partial charge in [-0.1, -0.05) is 11.6 Å². The molecule has 19 heavy (non-hydrogen) atoms. The quantitative estimate of drug-likeness (QED) is 0.656. The number of thiophene rings is 1. The van der Waals surface area contributed by atoms with Gasteiger partial charge in [-0.3, -0.25) is 0 Å². The fourth-order valence-corrected chi connectivity index (χ4v) is 3.54. The van der Waals surface area contributed by atoms with E-state index in [9.17, 15) is 0 Å². The molecule has 0 fully saturated rings. The average molecular weight is 358 g/mol. The molecule has 4 nitrogen and oxygen atoms in total. The van der Waals surface area contributed by atoms with Gasteiger partial charge in [-0.15, -0.1) is 21.5 Å². The summed E-state index contributed by atoms with van der Waals surface area (Å²) in [5.74, 6) is 0.721. The molecule has 0 unspecified atom stereocenters. The average Bonchev–Trinajstić information content (AvgIpc) is 2.91. The van der Waals surface area contributed by atoms with E-state index >= 15 is 0 Å². The molecule has 0 radical (unpaired) electrons. The van der Waals surface area contributed by atoms with Gasteiger partial charge < -0.3 is 0 Å². The molecule has 0 aliphatic carbocycles. The van der Waals surface area contributed by atoms with E-state index in [4.69, 9.17) is 11.6 Å². The molecule has 0 saturated heterocycles. The van der Waals surface area contributed by atoms with Crippen molar-refractivity contribution in [1.82, 2.24) is 19.8 Å². The molecule has 3 aromatic rings. The predicted molar refractivity (Wildman–Crippen MR) is 81.0 cm³/mol. The molecule has 3 heterocycles. The molecular weight excluding hydrogens is 348 g/mol. The molecule has 0 aromatic carbocycles. The molecule has 3 rings (SSSR count). The summed E-state index contributed by atoms with van der Waals surface area (Å²) < 4.78 is 2.80. The minimum atomic E-state index is 0.485. The van der Waals surface area contributed by atoms with Gasteiger partial charge in [0.15, 0.2) is 16.6 Å². The largest absolute Gasteiger partial charge is 0.195 e. The zero-order valence-corrected chi connectivity index (χ0v) is 13.7. The smallest absolute Gasteiger partial charge is 0.190 e. The lowest BCUT2D eigenvalue weighted by molar-refractivity contribution is 0.921.